The Hall–Kier alpha value is -1.35. The molecular weight excluding hydrogens is 286 g/mol. The molecule has 3 nitrogen and oxygen atoms in total. The highest BCUT2D eigenvalue weighted by Crippen LogP contribution is 2.27. The molecule has 0 atom stereocenters. The summed E-state index contributed by atoms with van der Waals surface area (Å²) in [6.07, 6.45) is 4.47. The maximum atomic E-state index is 11.5. The van der Waals surface area contributed by atoms with Crippen molar-refractivity contribution in [2.75, 3.05) is 5.32 Å². The van der Waals surface area contributed by atoms with Crippen LogP contribution in [0.25, 0.3) is 0 Å². The molecule has 0 radical (unpaired) electrons. The van der Waals surface area contributed by atoms with Crippen LogP contribution in [0.2, 0.25) is 5.02 Å². The van der Waals surface area contributed by atoms with Crippen LogP contribution in [0, 0.1) is 5.92 Å². The molecule has 0 bridgehead atoms. The molecular formula is C17H24ClNO2. The van der Waals surface area contributed by atoms with E-state index in [1.54, 1.807) is 6.07 Å². The van der Waals surface area contributed by atoms with Gasteiger partial charge in [0.2, 0.25) is 5.91 Å². The molecule has 21 heavy (non-hydrogen) atoms. The van der Waals surface area contributed by atoms with Crippen LogP contribution in [0.4, 0.5) is 5.69 Å². The second-order valence-corrected chi connectivity index (χ2v) is 6.02. The van der Waals surface area contributed by atoms with E-state index in [2.05, 4.69) is 5.32 Å². The van der Waals surface area contributed by atoms with E-state index in [0.717, 1.165) is 31.2 Å². The number of aryl methyl sites for hydroxylation is 1. The topological polar surface area (TPSA) is 46.2 Å². The van der Waals surface area contributed by atoms with Gasteiger partial charge in [-0.3, -0.25) is 9.59 Å². The van der Waals surface area contributed by atoms with Gasteiger partial charge in [0, 0.05) is 19.3 Å². The Labute approximate surface area is 132 Å². The van der Waals surface area contributed by atoms with Crippen molar-refractivity contribution < 1.29 is 9.59 Å². The second-order valence-electron chi connectivity index (χ2n) is 5.64. The number of carbonyl (C=O) groups excluding carboxylic acids is 2. The molecule has 1 amide bonds. The fourth-order valence-corrected chi connectivity index (χ4v) is 2.41. The van der Waals surface area contributed by atoms with Crippen molar-refractivity contribution in [3.8, 4) is 0 Å². The zero-order valence-electron chi connectivity index (χ0n) is 13.0. The Morgan fingerprint density at radius 3 is 2.52 bits per heavy atom. The number of amides is 1. The molecule has 1 N–H and O–H groups in total. The number of hydrogen-bond donors (Lipinski definition) is 1. The van der Waals surface area contributed by atoms with Gasteiger partial charge in [-0.05, 0) is 30.9 Å². The van der Waals surface area contributed by atoms with Gasteiger partial charge < -0.3 is 5.32 Å². The molecule has 0 fully saturated rings. The number of hydrogen-bond acceptors (Lipinski definition) is 2. The van der Waals surface area contributed by atoms with Gasteiger partial charge in [-0.2, -0.15) is 0 Å². The lowest BCUT2D eigenvalue weighted by Crippen LogP contribution is -2.07. The summed E-state index contributed by atoms with van der Waals surface area (Å²) in [5.74, 6) is 0.343. The molecule has 116 valence electrons. The summed E-state index contributed by atoms with van der Waals surface area (Å²) in [5, 5.41) is 3.34. The standard InChI is InChI=1S/C17H24ClNO2/c1-12(2)16(21)11-6-4-5-8-14-9-7-10-15(17(14)18)19-13(3)20/h7,9-10,12H,4-6,8,11H2,1-3H3,(H,19,20). The van der Waals surface area contributed by atoms with Crippen LogP contribution in [-0.2, 0) is 16.0 Å². The van der Waals surface area contributed by atoms with E-state index >= 15 is 0 Å². The summed E-state index contributed by atoms with van der Waals surface area (Å²) in [4.78, 5) is 22.6. The first-order valence-corrected chi connectivity index (χ1v) is 7.87. The van der Waals surface area contributed by atoms with Gasteiger partial charge in [0.15, 0.2) is 0 Å². The summed E-state index contributed by atoms with van der Waals surface area (Å²) in [7, 11) is 0. The third kappa shape index (κ3) is 6.30. The average molecular weight is 310 g/mol. The van der Waals surface area contributed by atoms with Crippen LogP contribution in [0.1, 0.15) is 52.0 Å². The molecule has 0 unspecified atom stereocenters. The van der Waals surface area contributed by atoms with E-state index < -0.39 is 0 Å². The van der Waals surface area contributed by atoms with Crippen molar-refractivity contribution in [1.82, 2.24) is 0 Å². The molecule has 0 saturated carbocycles. The normalized spacial score (nSPS) is 10.7. The van der Waals surface area contributed by atoms with Gasteiger partial charge in [-0.1, -0.05) is 44.0 Å². The molecule has 0 aliphatic rings. The maximum Gasteiger partial charge on any atom is 0.221 e. The Morgan fingerprint density at radius 1 is 1.19 bits per heavy atom. The van der Waals surface area contributed by atoms with Crippen molar-refractivity contribution in [3.05, 3.63) is 28.8 Å². The predicted molar refractivity (Wildman–Crippen MR) is 87.8 cm³/mol. The first-order chi connectivity index (χ1) is 9.91. The van der Waals surface area contributed by atoms with Crippen molar-refractivity contribution in [1.29, 1.82) is 0 Å². The fourth-order valence-electron chi connectivity index (χ4n) is 2.14. The quantitative estimate of drug-likeness (QED) is 0.712. The van der Waals surface area contributed by atoms with E-state index in [1.807, 2.05) is 26.0 Å². The number of rotatable bonds is 8. The van der Waals surface area contributed by atoms with Crippen molar-refractivity contribution in [2.24, 2.45) is 5.92 Å². The van der Waals surface area contributed by atoms with Gasteiger partial charge in [0.25, 0.3) is 0 Å². The minimum Gasteiger partial charge on any atom is -0.325 e. The van der Waals surface area contributed by atoms with Gasteiger partial charge in [0.1, 0.15) is 5.78 Å². The van der Waals surface area contributed by atoms with Gasteiger partial charge in [0.05, 0.1) is 10.7 Å². The van der Waals surface area contributed by atoms with Crippen LogP contribution in [-0.4, -0.2) is 11.7 Å². The van der Waals surface area contributed by atoms with Crippen LogP contribution in [0.3, 0.4) is 0 Å². The largest absolute Gasteiger partial charge is 0.325 e. The van der Waals surface area contributed by atoms with Crippen molar-refractivity contribution in [3.63, 3.8) is 0 Å². The van der Waals surface area contributed by atoms with Gasteiger partial charge in [-0.15, -0.1) is 0 Å². The molecule has 1 rings (SSSR count). The molecule has 0 aliphatic heterocycles. The van der Waals surface area contributed by atoms with E-state index in [1.165, 1.54) is 6.92 Å². The lowest BCUT2D eigenvalue weighted by Gasteiger charge is -2.10. The van der Waals surface area contributed by atoms with Crippen LogP contribution in [0.5, 0.6) is 0 Å². The van der Waals surface area contributed by atoms with Crippen LogP contribution in [0.15, 0.2) is 18.2 Å². The number of carbonyl (C=O) groups is 2. The van der Waals surface area contributed by atoms with E-state index in [4.69, 9.17) is 11.6 Å². The Balaban J connectivity index is 2.42. The predicted octanol–water partition coefficient (Wildman–Crippen LogP) is 4.63. The lowest BCUT2D eigenvalue weighted by molar-refractivity contribution is -0.122. The fraction of sp³-hybridized carbons (Fsp3) is 0.529. The molecule has 0 saturated heterocycles. The Bertz CT molecular complexity index is 498. The van der Waals surface area contributed by atoms with E-state index in [9.17, 15) is 9.59 Å². The monoisotopic (exact) mass is 309 g/mol. The minimum atomic E-state index is -0.124. The molecule has 0 heterocycles. The number of nitrogens with one attached hydrogen (secondary N) is 1. The Morgan fingerprint density at radius 2 is 1.90 bits per heavy atom. The number of anilines is 1. The highest BCUT2D eigenvalue weighted by Gasteiger charge is 2.08. The summed E-state index contributed by atoms with van der Waals surface area (Å²) in [6.45, 7) is 5.35. The molecule has 0 spiro atoms. The van der Waals surface area contributed by atoms with E-state index in [0.29, 0.717) is 22.9 Å². The zero-order chi connectivity index (χ0) is 15.8. The van der Waals surface area contributed by atoms with Crippen molar-refractivity contribution >= 4 is 29.0 Å². The van der Waals surface area contributed by atoms with Crippen molar-refractivity contribution in [2.45, 2.75) is 52.9 Å². The third-order valence-corrected chi connectivity index (χ3v) is 3.85. The number of Topliss-reactive ketones (excluding diaryl/α,β-unsaturated/α-hetero) is 1. The summed E-state index contributed by atoms with van der Waals surface area (Å²) < 4.78 is 0. The molecule has 1 aromatic rings. The number of ketones is 1. The van der Waals surface area contributed by atoms with Gasteiger partial charge in [-0.25, -0.2) is 0 Å². The summed E-state index contributed by atoms with van der Waals surface area (Å²) in [6, 6.07) is 5.68. The lowest BCUT2D eigenvalue weighted by atomic mass is 10.0. The Kier molecular flexibility index (Phi) is 7.44. The summed E-state index contributed by atoms with van der Waals surface area (Å²) >= 11 is 6.29. The minimum absolute atomic E-state index is 0.124. The van der Waals surface area contributed by atoms with E-state index in [-0.39, 0.29) is 11.8 Å². The van der Waals surface area contributed by atoms with Crippen LogP contribution >= 0.6 is 11.6 Å². The first kappa shape index (κ1) is 17.7. The highest BCUT2D eigenvalue weighted by molar-refractivity contribution is 6.34. The SMILES string of the molecule is CC(=O)Nc1cccc(CCCCCC(=O)C(C)C)c1Cl. The molecule has 1 aromatic carbocycles. The van der Waals surface area contributed by atoms with Gasteiger partial charge >= 0.3 is 0 Å². The third-order valence-electron chi connectivity index (χ3n) is 3.40. The zero-order valence-corrected chi connectivity index (χ0v) is 13.8. The smallest absolute Gasteiger partial charge is 0.221 e. The molecule has 4 heteroatoms. The first-order valence-electron chi connectivity index (χ1n) is 7.49. The maximum absolute atomic E-state index is 11.5. The average Bonchev–Trinajstić information content (AvgIpc) is 2.41. The summed E-state index contributed by atoms with van der Waals surface area (Å²) in [5.41, 5.74) is 1.70. The van der Waals surface area contributed by atoms with Crippen LogP contribution < -0.4 is 5.32 Å². The number of halogens is 1. The number of unbranched alkanes of at least 4 members (excludes halogenated alkanes) is 2. The number of benzene rings is 1. The molecule has 0 aliphatic carbocycles. The molecule has 0 aromatic heterocycles. The highest BCUT2D eigenvalue weighted by atomic mass is 35.5. The second kappa shape index (κ2) is 8.83.